The molecule has 0 aromatic heterocycles. The highest BCUT2D eigenvalue weighted by atomic mass is 79.9. The van der Waals surface area contributed by atoms with Crippen LogP contribution in [0, 0.1) is 6.92 Å². The van der Waals surface area contributed by atoms with Crippen LogP contribution in [-0.2, 0) is 4.79 Å². The molecule has 1 amide bonds. The molecule has 22 heavy (non-hydrogen) atoms. The third-order valence-corrected chi connectivity index (χ3v) is 3.84. The van der Waals surface area contributed by atoms with Gasteiger partial charge in [0.1, 0.15) is 11.5 Å². The molecule has 0 spiro atoms. The van der Waals surface area contributed by atoms with Gasteiger partial charge in [-0.2, -0.15) is 0 Å². The van der Waals surface area contributed by atoms with Crippen molar-refractivity contribution in [3.05, 3.63) is 52.5 Å². The Morgan fingerprint density at radius 1 is 1.09 bits per heavy atom. The third kappa shape index (κ3) is 4.77. The van der Waals surface area contributed by atoms with E-state index in [-0.39, 0.29) is 12.5 Å². The SMILES string of the molecule is CCOc1ccc(OCC(=O)Nc2ccc(Br)c(C)c2)cc1. The van der Waals surface area contributed by atoms with Crippen LogP contribution in [0.5, 0.6) is 11.5 Å². The molecule has 2 rings (SSSR count). The number of anilines is 1. The average Bonchev–Trinajstić information content (AvgIpc) is 2.51. The maximum absolute atomic E-state index is 11.9. The van der Waals surface area contributed by atoms with Crippen molar-refractivity contribution in [2.45, 2.75) is 13.8 Å². The van der Waals surface area contributed by atoms with Crippen molar-refractivity contribution in [2.75, 3.05) is 18.5 Å². The van der Waals surface area contributed by atoms with Crippen LogP contribution < -0.4 is 14.8 Å². The normalized spacial score (nSPS) is 10.1. The first-order chi connectivity index (χ1) is 10.6. The van der Waals surface area contributed by atoms with E-state index in [1.807, 2.05) is 44.2 Å². The largest absolute Gasteiger partial charge is 0.494 e. The van der Waals surface area contributed by atoms with Gasteiger partial charge in [-0.25, -0.2) is 0 Å². The highest BCUT2D eigenvalue weighted by Gasteiger charge is 2.05. The Bertz CT molecular complexity index is 641. The topological polar surface area (TPSA) is 47.6 Å². The first-order valence-corrected chi connectivity index (χ1v) is 7.79. The highest BCUT2D eigenvalue weighted by molar-refractivity contribution is 9.10. The Morgan fingerprint density at radius 2 is 1.73 bits per heavy atom. The minimum atomic E-state index is -0.199. The first kappa shape index (κ1) is 16.4. The predicted octanol–water partition coefficient (Wildman–Crippen LogP) is 4.17. The molecule has 0 atom stereocenters. The number of carbonyl (C=O) groups excluding carboxylic acids is 1. The van der Waals surface area contributed by atoms with Gasteiger partial charge in [0.25, 0.3) is 5.91 Å². The number of benzene rings is 2. The van der Waals surface area contributed by atoms with Crippen LogP contribution in [0.15, 0.2) is 46.9 Å². The van der Waals surface area contributed by atoms with E-state index in [4.69, 9.17) is 9.47 Å². The fourth-order valence-electron chi connectivity index (χ4n) is 1.87. The van der Waals surface area contributed by atoms with E-state index in [0.29, 0.717) is 12.4 Å². The molecule has 0 bridgehead atoms. The molecule has 5 heteroatoms. The molecule has 0 heterocycles. The van der Waals surface area contributed by atoms with Gasteiger partial charge in [-0.15, -0.1) is 0 Å². The zero-order chi connectivity index (χ0) is 15.9. The van der Waals surface area contributed by atoms with E-state index >= 15 is 0 Å². The summed E-state index contributed by atoms with van der Waals surface area (Å²) in [5.41, 5.74) is 1.81. The van der Waals surface area contributed by atoms with Crippen LogP contribution in [-0.4, -0.2) is 19.1 Å². The van der Waals surface area contributed by atoms with Gasteiger partial charge in [0, 0.05) is 10.2 Å². The first-order valence-electron chi connectivity index (χ1n) is 7.00. The Balaban J connectivity index is 1.85. The maximum atomic E-state index is 11.9. The molecule has 0 unspecified atom stereocenters. The fraction of sp³-hybridized carbons (Fsp3) is 0.235. The maximum Gasteiger partial charge on any atom is 0.262 e. The van der Waals surface area contributed by atoms with Gasteiger partial charge in [-0.3, -0.25) is 4.79 Å². The van der Waals surface area contributed by atoms with Gasteiger partial charge < -0.3 is 14.8 Å². The number of halogens is 1. The molecule has 0 aliphatic heterocycles. The second kappa shape index (κ2) is 7.84. The van der Waals surface area contributed by atoms with Crippen molar-refractivity contribution in [2.24, 2.45) is 0 Å². The smallest absolute Gasteiger partial charge is 0.262 e. The Kier molecular flexibility index (Phi) is 5.83. The summed E-state index contributed by atoms with van der Waals surface area (Å²) in [4.78, 5) is 11.9. The zero-order valence-corrected chi connectivity index (χ0v) is 14.1. The minimum absolute atomic E-state index is 0.0386. The molecule has 0 saturated heterocycles. The molecule has 0 aliphatic rings. The zero-order valence-electron chi connectivity index (χ0n) is 12.6. The summed E-state index contributed by atoms with van der Waals surface area (Å²) in [6, 6.07) is 12.8. The van der Waals surface area contributed by atoms with Crippen molar-refractivity contribution in [3.63, 3.8) is 0 Å². The van der Waals surface area contributed by atoms with Gasteiger partial charge in [-0.05, 0) is 61.9 Å². The number of amides is 1. The molecule has 2 aromatic rings. The van der Waals surface area contributed by atoms with E-state index in [0.717, 1.165) is 21.5 Å². The van der Waals surface area contributed by atoms with E-state index in [1.165, 1.54) is 0 Å². The van der Waals surface area contributed by atoms with Crippen molar-refractivity contribution in [1.29, 1.82) is 0 Å². The van der Waals surface area contributed by atoms with Crippen molar-refractivity contribution >= 4 is 27.5 Å². The second-order valence-corrected chi connectivity index (χ2v) is 5.56. The lowest BCUT2D eigenvalue weighted by atomic mass is 10.2. The summed E-state index contributed by atoms with van der Waals surface area (Å²) >= 11 is 3.43. The Labute approximate surface area is 138 Å². The molecule has 4 nitrogen and oxygen atoms in total. The average molecular weight is 364 g/mol. The molecule has 116 valence electrons. The van der Waals surface area contributed by atoms with Crippen LogP contribution in [0.25, 0.3) is 0 Å². The van der Waals surface area contributed by atoms with Crippen LogP contribution in [0.3, 0.4) is 0 Å². The third-order valence-electron chi connectivity index (χ3n) is 2.95. The molecule has 2 aromatic carbocycles. The summed E-state index contributed by atoms with van der Waals surface area (Å²) in [5, 5.41) is 2.80. The fourth-order valence-corrected chi connectivity index (χ4v) is 2.11. The van der Waals surface area contributed by atoms with Crippen LogP contribution in [0.2, 0.25) is 0 Å². The summed E-state index contributed by atoms with van der Waals surface area (Å²) in [6.07, 6.45) is 0. The van der Waals surface area contributed by atoms with Crippen molar-refractivity contribution in [3.8, 4) is 11.5 Å². The van der Waals surface area contributed by atoms with Gasteiger partial charge in [0.05, 0.1) is 6.61 Å². The number of ether oxygens (including phenoxy) is 2. The van der Waals surface area contributed by atoms with Crippen LogP contribution >= 0.6 is 15.9 Å². The van der Waals surface area contributed by atoms with E-state index in [9.17, 15) is 4.79 Å². The number of aryl methyl sites for hydroxylation is 1. The number of hydrogen-bond donors (Lipinski definition) is 1. The molecule has 1 N–H and O–H groups in total. The van der Waals surface area contributed by atoms with Gasteiger partial charge in [0.2, 0.25) is 0 Å². The Morgan fingerprint density at radius 3 is 2.32 bits per heavy atom. The van der Waals surface area contributed by atoms with E-state index in [2.05, 4.69) is 21.2 Å². The molecule has 0 fully saturated rings. The summed E-state index contributed by atoms with van der Waals surface area (Å²) in [7, 11) is 0. The van der Waals surface area contributed by atoms with Crippen molar-refractivity contribution in [1.82, 2.24) is 0 Å². The highest BCUT2D eigenvalue weighted by Crippen LogP contribution is 2.20. The van der Waals surface area contributed by atoms with Crippen molar-refractivity contribution < 1.29 is 14.3 Å². The number of carbonyl (C=O) groups is 1. The predicted molar refractivity (Wildman–Crippen MR) is 90.6 cm³/mol. The monoisotopic (exact) mass is 363 g/mol. The van der Waals surface area contributed by atoms with Gasteiger partial charge >= 0.3 is 0 Å². The number of rotatable bonds is 6. The quantitative estimate of drug-likeness (QED) is 0.837. The number of hydrogen-bond acceptors (Lipinski definition) is 3. The van der Waals surface area contributed by atoms with E-state index in [1.54, 1.807) is 12.1 Å². The summed E-state index contributed by atoms with van der Waals surface area (Å²) in [5.74, 6) is 1.21. The molecule has 0 radical (unpaired) electrons. The lowest BCUT2D eigenvalue weighted by Gasteiger charge is -2.09. The van der Waals surface area contributed by atoms with E-state index < -0.39 is 0 Å². The lowest BCUT2D eigenvalue weighted by molar-refractivity contribution is -0.118. The molecule has 0 saturated carbocycles. The Hall–Kier alpha value is -2.01. The van der Waals surface area contributed by atoms with Crippen LogP contribution in [0.1, 0.15) is 12.5 Å². The molecular weight excluding hydrogens is 346 g/mol. The standard InChI is InChI=1S/C17H18BrNO3/c1-3-21-14-5-7-15(8-6-14)22-11-17(20)19-13-4-9-16(18)12(2)10-13/h4-10H,3,11H2,1-2H3,(H,19,20). The van der Waals surface area contributed by atoms with Gasteiger partial charge in [-0.1, -0.05) is 15.9 Å². The van der Waals surface area contributed by atoms with Crippen LogP contribution in [0.4, 0.5) is 5.69 Å². The molecular formula is C17H18BrNO3. The van der Waals surface area contributed by atoms with Gasteiger partial charge in [0.15, 0.2) is 6.61 Å². The molecule has 0 aliphatic carbocycles. The lowest BCUT2D eigenvalue weighted by Crippen LogP contribution is -2.20. The summed E-state index contributed by atoms with van der Waals surface area (Å²) in [6.45, 7) is 4.48. The second-order valence-electron chi connectivity index (χ2n) is 4.71. The number of nitrogens with one attached hydrogen (secondary N) is 1. The summed E-state index contributed by atoms with van der Waals surface area (Å²) < 4.78 is 11.8. The minimum Gasteiger partial charge on any atom is -0.494 e.